The van der Waals surface area contributed by atoms with Crippen LogP contribution in [0.2, 0.25) is 0 Å². The van der Waals surface area contributed by atoms with Crippen molar-refractivity contribution in [1.82, 2.24) is 19.4 Å². The Kier molecular flexibility index (Phi) is 4.50. The molecule has 1 amide bonds. The van der Waals surface area contributed by atoms with Crippen LogP contribution in [-0.4, -0.2) is 57.5 Å². The molecule has 1 saturated carbocycles. The minimum Gasteiger partial charge on any atom is -0.343 e. The van der Waals surface area contributed by atoms with Gasteiger partial charge in [0.25, 0.3) is 5.91 Å². The Labute approximate surface area is 167 Å². The van der Waals surface area contributed by atoms with Crippen LogP contribution >= 0.6 is 0 Å². The molecule has 0 N–H and O–H groups in total. The van der Waals surface area contributed by atoms with E-state index >= 15 is 0 Å². The molecular formula is C23H30N4O. The summed E-state index contributed by atoms with van der Waals surface area (Å²) >= 11 is 0. The second-order valence-corrected chi connectivity index (χ2v) is 8.88. The fourth-order valence-electron chi connectivity index (χ4n) is 5.69. The highest BCUT2D eigenvalue weighted by Crippen LogP contribution is 2.40. The highest BCUT2D eigenvalue weighted by atomic mass is 16.2. The zero-order chi connectivity index (χ0) is 19.3. The lowest BCUT2D eigenvalue weighted by Crippen LogP contribution is -2.43. The number of fused-ring (bicyclic) bond motifs is 3. The van der Waals surface area contributed by atoms with Crippen LogP contribution in [0.3, 0.4) is 0 Å². The van der Waals surface area contributed by atoms with Crippen LogP contribution in [0, 0.1) is 0 Å². The quantitative estimate of drug-likeness (QED) is 0.820. The van der Waals surface area contributed by atoms with Gasteiger partial charge in [-0.05, 0) is 25.7 Å². The molecule has 2 fully saturated rings. The lowest BCUT2D eigenvalue weighted by Gasteiger charge is -2.33. The van der Waals surface area contributed by atoms with Crippen molar-refractivity contribution in [1.29, 1.82) is 0 Å². The first-order valence-electron chi connectivity index (χ1n) is 10.8. The summed E-state index contributed by atoms with van der Waals surface area (Å²) in [4.78, 5) is 22.3. The molecule has 5 nitrogen and oxygen atoms in total. The number of aromatic nitrogens is 2. The number of hydrogen-bond acceptors (Lipinski definition) is 3. The topological polar surface area (TPSA) is 41.4 Å². The second-order valence-electron chi connectivity index (χ2n) is 8.88. The Balaban J connectivity index is 1.60. The van der Waals surface area contributed by atoms with Gasteiger partial charge in [-0.2, -0.15) is 0 Å². The van der Waals surface area contributed by atoms with Crippen LogP contribution in [0.25, 0.3) is 11.4 Å². The van der Waals surface area contributed by atoms with E-state index < -0.39 is 0 Å². The van der Waals surface area contributed by atoms with Crippen molar-refractivity contribution >= 4 is 5.91 Å². The molecule has 3 heterocycles. The van der Waals surface area contributed by atoms with Gasteiger partial charge >= 0.3 is 0 Å². The molecule has 2 aliphatic heterocycles. The summed E-state index contributed by atoms with van der Waals surface area (Å²) in [5, 5.41) is 0. The molecular weight excluding hydrogens is 348 g/mol. The smallest absolute Gasteiger partial charge is 0.273 e. The molecule has 2 aromatic rings. The summed E-state index contributed by atoms with van der Waals surface area (Å²) in [5.41, 5.74) is 2.90. The molecule has 2 bridgehead atoms. The SMILES string of the molecule is CN(C)C(=O)c1nc(-c2ccccc2)n2c1C[C@@H]1CC[C@H](C2)N1C1CCCC1. The number of nitrogens with zero attached hydrogens (tertiary/aromatic N) is 4. The number of imidazole rings is 1. The summed E-state index contributed by atoms with van der Waals surface area (Å²) in [7, 11) is 3.65. The molecule has 0 spiro atoms. The van der Waals surface area contributed by atoms with Gasteiger partial charge in [0.15, 0.2) is 0 Å². The van der Waals surface area contributed by atoms with Gasteiger partial charge in [0, 0.05) is 50.7 Å². The molecule has 1 aromatic carbocycles. The van der Waals surface area contributed by atoms with Gasteiger partial charge in [-0.25, -0.2) is 4.98 Å². The first-order valence-corrected chi connectivity index (χ1v) is 10.8. The van der Waals surface area contributed by atoms with Crippen LogP contribution < -0.4 is 0 Å². The maximum absolute atomic E-state index is 13.0. The van der Waals surface area contributed by atoms with Crippen molar-refractivity contribution in [3.05, 3.63) is 41.7 Å². The monoisotopic (exact) mass is 378 g/mol. The van der Waals surface area contributed by atoms with Crippen molar-refractivity contribution in [3.8, 4) is 11.4 Å². The van der Waals surface area contributed by atoms with E-state index in [0.29, 0.717) is 17.8 Å². The minimum atomic E-state index is 0.0242. The molecule has 1 aromatic heterocycles. The second kappa shape index (κ2) is 7.03. The predicted octanol–water partition coefficient (Wildman–Crippen LogP) is 3.58. The van der Waals surface area contributed by atoms with E-state index in [-0.39, 0.29) is 5.91 Å². The Morgan fingerprint density at radius 3 is 2.43 bits per heavy atom. The standard InChI is InChI=1S/C23H30N4O/c1-25(2)23(28)21-20-14-18-12-13-19(27(18)17-10-6-7-11-17)15-26(20)22(24-21)16-8-4-3-5-9-16/h3-5,8-9,17-19H,6-7,10-15H2,1-2H3/t18-,19+/m0/s1. The van der Waals surface area contributed by atoms with E-state index in [4.69, 9.17) is 4.98 Å². The van der Waals surface area contributed by atoms with Gasteiger partial charge in [0.2, 0.25) is 0 Å². The molecule has 28 heavy (non-hydrogen) atoms. The summed E-state index contributed by atoms with van der Waals surface area (Å²) in [6.45, 7) is 0.959. The van der Waals surface area contributed by atoms with E-state index in [2.05, 4.69) is 33.7 Å². The average Bonchev–Trinajstić information content (AvgIpc) is 3.39. The molecule has 1 saturated heterocycles. The van der Waals surface area contributed by atoms with Gasteiger partial charge in [-0.15, -0.1) is 0 Å². The van der Waals surface area contributed by atoms with Crippen molar-refractivity contribution in [2.75, 3.05) is 14.1 Å². The first-order chi connectivity index (χ1) is 13.6. The molecule has 0 radical (unpaired) electrons. The molecule has 5 heteroatoms. The third kappa shape index (κ3) is 2.87. The van der Waals surface area contributed by atoms with Crippen LogP contribution in [0.1, 0.15) is 54.7 Å². The number of carbonyl (C=O) groups excluding carboxylic acids is 1. The molecule has 5 rings (SSSR count). The lowest BCUT2D eigenvalue weighted by atomic mass is 10.0. The Bertz CT molecular complexity index is 866. The van der Waals surface area contributed by atoms with Gasteiger partial charge in [-0.3, -0.25) is 9.69 Å². The van der Waals surface area contributed by atoms with E-state index in [9.17, 15) is 4.79 Å². The molecule has 3 aliphatic rings. The number of rotatable bonds is 3. The Morgan fingerprint density at radius 2 is 1.71 bits per heavy atom. The number of carbonyl (C=O) groups is 1. The van der Waals surface area contributed by atoms with Crippen molar-refractivity contribution < 1.29 is 4.79 Å². The maximum Gasteiger partial charge on any atom is 0.273 e. The minimum absolute atomic E-state index is 0.0242. The largest absolute Gasteiger partial charge is 0.343 e. The van der Waals surface area contributed by atoms with Crippen molar-refractivity contribution in [3.63, 3.8) is 0 Å². The zero-order valence-electron chi connectivity index (χ0n) is 17.0. The summed E-state index contributed by atoms with van der Waals surface area (Å²) in [5.74, 6) is 0.982. The van der Waals surface area contributed by atoms with Gasteiger partial charge < -0.3 is 9.47 Å². The number of amides is 1. The zero-order valence-corrected chi connectivity index (χ0v) is 17.0. The highest BCUT2D eigenvalue weighted by molar-refractivity contribution is 5.94. The summed E-state index contributed by atoms with van der Waals surface area (Å²) in [6, 6.07) is 12.2. The van der Waals surface area contributed by atoms with E-state index in [1.54, 1.807) is 4.90 Å². The van der Waals surface area contributed by atoms with Gasteiger partial charge in [0.05, 0.1) is 5.69 Å². The van der Waals surface area contributed by atoms with Crippen LogP contribution in [0.5, 0.6) is 0 Å². The molecule has 1 aliphatic carbocycles. The van der Waals surface area contributed by atoms with Crippen molar-refractivity contribution in [2.24, 2.45) is 0 Å². The predicted molar refractivity (Wildman–Crippen MR) is 110 cm³/mol. The third-order valence-electron chi connectivity index (χ3n) is 6.96. The van der Waals surface area contributed by atoms with E-state index in [1.807, 2.05) is 20.2 Å². The third-order valence-corrected chi connectivity index (χ3v) is 6.96. The van der Waals surface area contributed by atoms with E-state index in [1.165, 1.54) is 38.5 Å². The number of hydrogen-bond donors (Lipinski definition) is 0. The van der Waals surface area contributed by atoms with Crippen molar-refractivity contribution in [2.45, 2.75) is 69.6 Å². The normalized spacial score (nSPS) is 24.9. The molecule has 2 atom stereocenters. The van der Waals surface area contributed by atoms with E-state index in [0.717, 1.165) is 36.1 Å². The molecule has 148 valence electrons. The first kappa shape index (κ1) is 17.9. The fraction of sp³-hybridized carbons (Fsp3) is 0.565. The number of benzene rings is 1. The Hall–Kier alpha value is -2.14. The maximum atomic E-state index is 13.0. The van der Waals surface area contributed by atoms with Crippen LogP contribution in [0.15, 0.2) is 30.3 Å². The van der Waals surface area contributed by atoms with Gasteiger partial charge in [-0.1, -0.05) is 43.2 Å². The van der Waals surface area contributed by atoms with Crippen LogP contribution in [0.4, 0.5) is 0 Å². The average molecular weight is 379 g/mol. The molecule has 0 unspecified atom stereocenters. The summed E-state index contributed by atoms with van der Waals surface area (Å²) < 4.78 is 2.37. The summed E-state index contributed by atoms with van der Waals surface area (Å²) in [6.07, 6.45) is 8.89. The van der Waals surface area contributed by atoms with Crippen LogP contribution in [-0.2, 0) is 13.0 Å². The highest BCUT2D eigenvalue weighted by Gasteiger charge is 2.43. The lowest BCUT2D eigenvalue weighted by molar-refractivity contribution is 0.0820. The Morgan fingerprint density at radius 1 is 1.00 bits per heavy atom. The van der Waals surface area contributed by atoms with Gasteiger partial charge in [0.1, 0.15) is 11.5 Å². The fourth-order valence-corrected chi connectivity index (χ4v) is 5.69.